The molecule has 0 bridgehead atoms. The van der Waals surface area contributed by atoms with Gasteiger partial charge in [-0.25, -0.2) is 4.39 Å². The van der Waals surface area contributed by atoms with E-state index in [0.29, 0.717) is 6.04 Å². The van der Waals surface area contributed by atoms with Crippen LogP contribution >= 0.6 is 0 Å². The standard InChI is InChI=1S/C17H27FN2O/c1-3-9-19-17(15-7-5-6-8-16(15)18)12-20-10-11-21-13-14(20)4-2/h5-8,14,17,19H,3-4,9-13H2,1-2H3. The van der Waals surface area contributed by atoms with E-state index >= 15 is 0 Å². The number of benzene rings is 1. The summed E-state index contributed by atoms with van der Waals surface area (Å²) in [5.41, 5.74) is 0.771. The van der Waals surface area contributed by atoms with Crippen LogP contribution in [0.4, 0.5) is 4.39 Å². The van der Waals surface area contributed by atoms with E-state index in [1.807, 2.05) is 12.1 Å². The fourth-order valence-electron chi connectivity index (χ4n) is 2.89. The Bertz CT molecular complexity index is 427. The third kappa shape index (κ3) is 4.50. The summed E-state index contributed by atoms with van der Waals surface area (Å²) in [7, 11) is 0. The van der Waals surface area contributed by atoms with Crippen LogP contribution in [-0.2, 0) is 4.74 Å². The number of hydrogen-bond donors (Lipinski definition) is 1. The summed E-state index contributed by atoms with van der Waals surface area (Å²) in [5.74, 6) is -0.118. The van der Waals surface area contributed by atoms with Gasteiger partial charge in [-0.15, -0.1) is 0 Å². The van der Waals surface area contributed by atoms with Crippen LogP contribution in [0.1, 0.15) is 38.3 Å². The number of morpholine rings is 1. The van der Waals surface area contributed by atoms with Crippen molar-refractivity contribution in [2.45, 2.75) is 38.8 Å². The van der Waals surface area contributed by atoms with E-state index in [-0.39, 0.29) is 11.9 Å². The minimum absolute atomic E-state index is 0.0401. The van der Waals surface area contributed by atoms with Crippen molar-refractivity contribution < 1.29 is 9.13 Å². The molecule has 118 valence electrons. The zero-order valence-electron chi connectivity index (χ0n) is 13.1. The molecule has 4 heteroatoms. The maximum atomic E-state index is 14.1. The first-order valence-electron chi connectivity index (χ1n) is 8.05. The molecule has 0 aliphatic carbocycles. The van der Waals surface area contributed by atoms with Gasteiger partial charge in [0.05, 0.1) is 13.2 Å². The van der Waals surface area contributed by atoms with E-state index in [1.54, 1.807) is 12.1 Å². The Hall–Kier alpha value is -0.970. The molecular formula is C17H27FN2O. The van der Waals surface area contributed by atoms with Crippen LogP contribution in [0.5, 0.6) is 0 Å². The molecule has 2 unspecified atom stereocenters. The van der Waals surface area contributed by atoms with Gasteiger partial charge >= 0.3 is 0 Å². The maximum absolute atomic E-state index is 14.1. The van der Waals surface area contributed by atoms with Gasteiger partial charge < -0.3 is 10.1 Å². The summed E-state index contributed by atoms with van der Waals surface area (Å²) in [6, 6.07) is 7.58. The Morgan fingerprint density at radius 2 is 2.19 bits per heavy atom. The van der Waals surface area contributed by atoms with E-state index in [0.717, 1.165) is 51.3 Å². The molecule has 1 aromatic rings. The van der Waals surface area contributed by atoms with Crippen LogP contribution < -0.4 is 5.32 Å². The lowest BCUT2D eigenvalue weighted by molar-refractivity contribution is -0.0128. The molecule has 1 N–H and O–H groups in total. The highest BCUT2D eigenvalue weighted by atomic mass is 19.1. The highest BCUT2D eigenvalue weighted by Crippen LogP contribution is 2.21. The highest BCUT2D eigenvalue weighted by molar-refractivity contribution is 5.21. The molecule has 1 aliphatic heterocycles. The van der Waals surface area contributed by atoms with Crippen molar-refractivity contribution in [1.29, 1.82) is 0 Å². The summed E-state index contributed by atoms with van der Waals surface area (Å²) in [5, 5.41) is 3.50. The summed E-state index contributed by atoms with van der Waals surface area (Å²) in [4.78, 5) is 2.43. The highest BCUT2D eigenvalue weighted by Gasteiger charge is 2.25. The first kappa shape index (κ1) is 16.4. The lowest BCUT2D eigenvalue weighted by atomic mass is 10.0. The quantitative estimate of drug-likeness (QED) is 0.837. The third-order valence-corrected chi connectivity index (χ3v) is 4.16. The Morgan fingerprint density at radius 3 is 2.90 bits per heavy atom. The lowest BCUT2D eigenvalue weighted by Crippen LogP contribution is -2.48. The predicted molar refractivity (Wildman–Crippen MR) is 83.9 cm³/mol. The minimum Gasteiger partial charge on any atom is -0.378 e. The largest absolute Gasteiger partial charge is 0.378 e. The molecule has 1 heterocycles. The van der Waals surface area contributed by atoms with Gasteiger partial charge in [-0.2, -0.15) is 0 Å². The Balaban J connectivity index is 2.10. The van der Waals surface area contributed by atoms with Gasteiger partial charge in [-0.05, 0) is 25.5 Å². The first-order valence-corrected chi connectivity index (χ1v) is 8.05. The van der Waals surface area contributed by atoms with Crippen LogP contribution in [0.25, 0.3) is 0 Å². The lowest BCUT2D eigenvalue weighted by Gasteiger charge is -2.37. The Morgan fingerprint density at radius 1 is 1.38 bits per heavy atom. The van der Waals surface area contributed by atoms with Crippen molar-refractivity contribution in [1.82, 2.24) is 10.2 Å². The van der Waals surface area contributed by atoms with Crippen molar-refractivity contribution in [3.63, 3.8) is 0 Å². The molecule has 3 nitrogen and oxygen atoms in total. The molecule has 1 aromatic carbocycles. The van der Waals surface area contributed by atoms with E-state index in [4.69, 9.17) is 4.74 Å². The van der Waals surface area contributed by atoms with Crippen LogP contribution in [-0.4, -0.2) is 43.8 Å². The molecule has 0 saturated carbocycles. The first-order chi connectivity index (χ1) is 10.3. The van der Waals surface area contributed by atoms with Crippen molar-refractivity contribution in [2.75, 3.05) is 32.8 Å². The van der Waals surface area contributed by atoms with Crippen molar-refractivity contribution in [3.05, 3.63) is 35.6 Å². The van der Waals surface area contributed by atoms with Crippen molar-refractivity contribution >= 4 is 0 Å². The Labute approximate surface area is 127 Å². The molecule has 0 aromatic heterocycles. The summed E-state index contributed by atoms with van der Waals surface area (Å²) in [6.07, 6.45) is 2.11. The fraction of sp³-hybridized carbons (Fsp3) is 0.647. The van der Waals surface area contributed by atoms with E-state index in [2.05, 4.69) is 24.1 Å². The second-order valence-electron chi connectivity index (χ2n) is 5.66. The molecule has 1 aliphatic rings. The van der Waals surface area contributed by atoms with E-state index in [9.17, 15) is 4.39 Å². The molecule has 0 amide bonds. The zero-order valence-corrected chi connectivity index (χ0v) is 13.1. The van der Waals surface area contributed by atoms with Gasteiger partial charge in [0.2, 0.25) is 0 Å². The minimum atomic E-state index is -0.118. The molecule has 1 saturated heterocycles. The second kappa shape index (κ2) is 8.47. The average molecular weight is 294 g/mol. The number of nitrogens with one attached hydrogen (secondary N) is 1. The molecule has 0 radical (unpaired) electrons. The van der Waals surface area contributed by atoms with Crippen LogP contribution in [0.3, 0.4) is 0 Å². The van der Waals surface area contributed by atoms with Gasteiger partial charge in [0, 0.05) is 30.7 Å². The van der Waals surface area contributed by atoms with Gasteiger partial charge in [0.25, 0.3) is 0 Å². The number of halogens is 1. The maximum Gasteiger partial charge on any atom is 0.128 e. The molecule has 0 spiro atoms. The predicted octanol–water partition coefficient (Wildman–Crippen LogP) is 2.98. The summed E-state index contributed by atoms with van der Waals surface area (Å²) in [6.45, 7) is 8.54. The van der Waals surface area contributed by atoms with Crippen molar-refractivity contribution in [2.24, 2.45) is 0 Å². The molecule has 1 fully saturated rings. The monoisotopic (exact) mass is 294 g/mol. The topological polar surface area (TPSA) is 24.5 Å². The molecule has 2 atom stereocenters. The third-order valence-electron chi connectivity index (χ3n) is 4.16. The van der Waals surface area contributed by atoms with Crippen molar-refractivity contribution in [3.8, 4) is 0 Å². The van der Waals surface area contributed by atoms with Crippen LogP contribution in [0.15, 0.2) is 24.3 Å². The normalized spacial score (nSPS) is 21.4. The van der Waals surface area contributed by atoms with Crippen LogP contribution in [0.2, 0.25) is 0 Å². The molecular weight excluding hydrogens is 267 g/mol. The van der Waals surface area contributed by atoms with E-state index < -0.39 is 0 Å². The summed E-state index contributed by atoms with van der Waals surface area (Å²) >= 11 is 0. The smallest absolute Gasteiger partial charge is 0.128 e. The van der Waals surface area contributed by atoms with Gasteiger partial charge in [0.1, 0.15) is 5.82 Å². The SMILES string of the molecule is CCCNC(CN1CCOCC1CC)c1ccccc1F. The summed E-state index contributed by atoms with van der Waals surface area (Å²) < 4.78 is 19.7. The van der Waals surface area contributed by atoms with Crippen LogP contribution in [0, 0.1) is 5.82 Å². The molecule has 21 heavy (non-hydrogen) atoms. The second-order valence-corrected chi connectivity index (χ2v) is 5.66. The average Bonchev–Trinajstić information content (AvgIpc) is 2.52. The van der Waals surface area contributed by atoms with Gasteiger partial charge in [-0.1, -0.05) is 32.0 Å². The zero-order chi connectivity index (χ0) is 15.1. The number of nitrogens with zero attached hydrogens (tertiary/aromatic N) is 1. The van der Waals surface area contributed by atoms with Gasteiger partial charge in [0.15, 0.2) is 0 Å². The fourth-order valence-corrected chi connectivity index (χ4v) is 2.89. The number of ether oxygens (including phenoxy) is 1. The number of rotatable bonds is 7. The van der Waals surface area contributed by atoms with Gasteiger partial charge in [-0.3, -0.25) is 4.90 Å². The Kier molecular flexibility index (Phi) is 6.61. The molecule has 2 rings (SSSR count). The van der Waals surface area contributed by atoms with E-state index in [1.165, 1.54) is 0 Å². The number of hydrogen-bond acceptors (Lipinski definition) is 3.